The van der Waals surface area contributed by atoms with E-state index in [0.717, 1.165) is 36.7 Å². The van der Waals surface area contributed by atoms with Gasteiger partial charge in [-0.1, -0.05) is 13.0 Å². The van der Waals surface area contributed by atoms with Crippen LogP contribution in [0.2, 0.25) is 0 Å². The van der Waals surface area contributed by atoms with E-state index >= 15 is 0 Å². The van der Waals surface area contributed by atoms with Crippen molar-refractivity contribution in [1.82, 2.24) is 4.90 Å². The SMILES string of the molecule is CC(CN1CCCC1)C(O)c1ccc2c(c1)OCCO2. The van der Waals surface area contributed by atoms with Gasteiger partial charge in [0.1, 0.15) is 13.2 Å². The number of aliphatic hydroxyl groups excluding tert-OH is 1. The zero-order valence-corrected chi connectivity index (χ0v) is 12.0. The van der Waals surface area contributed by atoms with Gasteiger partial charge in [0, 0.05) is 6.54 Å². The molecule has 1 aromatic carbocycles. The molecule has 3 rings (SSSR count). The van der Waals surface area contributed by atoms with Crippen LogP contribution in [-0.2, 0) is 0 Å². The molecule has 0 spiro atoms. The molecule has 0 radical (unpaired) electrons. The summed E-state index contributed by atoms with van der Waals surface area (Å²) in [5.74, 6) is 1.75. The maximum Gasteiger partial charge on any atom is 0.161 e. The van der Waals surface area contributed by atoms with Gasteiger partial charge in [0.2, 0.25) is 0 Å². The Morgan fingerprint density at radius 2 is 1.85 bits per heavy atom. The molecule has 20 heavy (non-hydrogen) atoms. The molecule has 110 valence electrons. The van der Waals surface area contributed by atoms with Crippen LogP contribution in [0.25, 0.3) is 0 Å². The smallest absolute Gasteiger partial charge is 0.161 e. The highest BCUT2D eigenvalue weighted by atomic mass is 16.6. The first-order valence-electron chi connectivity index (χ1n) is 7.54. The van der Waals surface area contributed by atoms with Gasteiger partial charge >= 0.3 is 0 Å². The Balaban J connectivity index is 1.67. The summed E-state index contributed by atoms with van der Waals surface area (Å²) in [5, 5.41) is 10.5. The maximum atomic E-state index is 10.5. The van der Waals surface area contributed by atoms with Crippen molar-refractivity contribution in [3.05, 3.63) is 23.8 Å². The van der Waals surface area contributed by atoms with Gasteiger partial charge < -0.3 is 19.5 Å². The highest BCUT2D eigenvalue weighted by molar-refractivity contribution is 5.44. The molecule has 2 aliphatic rings. The average molecular weight is 277 g/mol. The second-order valence-electron chi connectivity index (χ2n) is 5.83. The first-order chi connectivity index (χ1) is 9.74. The number of ether oxygens (including phenoxy) is 2. The molecule has 1 saturated heterocycles. The fraction of sp³-hybridized carbons (Fsp3) is 0.625. The van der Waals surface area contributed by atoms with Gasteiger partial charge in [-0.05, 0) is 49.5 Å². The van der Waals surface area contributed by atoms with E-state index < -0.39 is 6.10 Å². The number of nitrogens with zero attached hydrogens (tertiary/aromatic N) is 1. The minimum atomic E-state index is -0.452. The maximum absolute atomic E-state index is 10.5. The third kappa shape index (κ3) is 2.91. The third-order valence-electron chi connectivity index (χ3n) is 4.19. The van der Waals surface area contributed by atoms with Crippen molar-refractivity contribution in [2.75, 3.05) is 32.8 Å². The minimum Gasteiger partial charge on any atom is -0.486 e. The number of aliphatic hydroxyl groups is 1. The fourth-order valence-electron chi connectivity index (χ4n) is 3.04. The molecular formula is C16H23NO3. The molecule has 2 aliphatic heterocycles. The quantitative estimate of drug-likeness (QED) is 0.916. The van der Waals surface area contributed by atoms with Gasteiger partial charge in [0.25, 0.3) is 0 Å². The lowest BCUT2D eigenvalue weighted by Crippen LogP contribution is -2.28. The molecule has 4 heteroatoms. The number of benzene rings is 1. The van der Waals surface area contributed by atoms with Crippen LogP contribution in [0.1, 0.15) is 31.4 Å². The van der Waals surface area contributed by atoms with Crippen molar-refractivity contribution in [1.29, 1.82) is 0 Å². The zero-order chi connectivity index (χ0) is 13.9. The van der Waals surface area contributed by atoms with Crippen LogP contribution in [0.3, 0.4) is 0 Å². The summed E-state index contributed by atoms with van der Waals surface area (Å²) in [5.41, 5.74) is 0.918. The number of likely N-dealkylation sites (tertiary alicyclic amines) is 1. The van der Waals surface area contributed by atoms with Crippen LogP contribution < -0.4 is 9.47 Å². The molecule has 0 aliphatic carbocycles. The van der Waals surface area contributed by atoms with E-state index in [1.807, 2.05) is 18.2 Å². The summed E-state index contributed by atoms with van der Waals surface area (Å²) in [6.07, 6.45) is 2.12. The molecule has 0 amide bonds. The molecule has 1 aromatic rings. The molecule has 0 saturated carbocycles. The summed E-state index contributed by atoms with van der Waals surface area (Å²) in [6.45, 7) is 6.57. The monoisotopic (exact) mass is 277 g/mol. The second-order valence-corrected chi connectivity index (χ2v) is 5.83. The lowest BCUT2D eigenvalue weighted by molar-refractivity contribution is 0.0937. The molecule has 2 unspecified atom stereocenters. The van der Waals surface area contributed by atoms with Gasteiger partial charge in [-0.3, -0.25) is 0 Å². The summed E-state index contributed by atoms with van der Waals surface area (Å²) >= 11 is 0. The van der Waals surface area contributed by atoms with E-state index in [1.165, 1.54) is 12.8 Å². The first kappa shape index (κ1) is 13.7. The summed E-state index contributed by atoms with van der Waals surface area (Å²) in [4.78, 5) is 2.44. The second kappa shape index (κ2) is 6.02. The van der Waals surface area contributed by atoms with Crippen molar-refractivity contribution < 1.29 is 14.6 Å². The van der Waals surface area contributed by atoms with Crippen molar-refractivity contribution in [3.8, 4) is 11.5 Å². The Morgan fingerprint density at radius 1 is 1.15 bits per heavy atom. The van der Waals surface area contributed by atoms with Crippen LogP contribution in [0.4, 0.5) is 0 Å². The number of hydrogen-bond donors (Lipinski definition) is 1. The zero-order valence-electron chi connectivity index (χ0n) is 12.0. The highest BCUT2D eigenvalue weighted by Gasteiger charge is 2.23. The lowest BCUT2D eigenvalue weighted by Gasteiger charge is -2.26. The Labute approximate surface area is 120 Å². The fourth-order valence-corrected chi connectivity index (χ4v) is 3.04. The van der Waals surface area contributed by atoms with Crippen molar-refractivity contribution in [2.24, 2.45) is 5.92 Å². The van der Waals surface area contributed by atoms with Crippen LogP contribution in [0.5, 0.6) is 11.5 Å². The Kier molecular flexibility index (Phi) is 4.13. The molecule has 0 bridgehead atoms. The molecule has 1 N–H and O–H groups in total. The Morgan fingerprint density at radius 3 is 2.60 bits per heavy atom. The van der Waals surface area contributed by atoms with Crippen LogP contribution in [0, 0.1) is 5.92 Å². The van der Waals surface area contributed by atoms with Gasteiger partial charge in [0.05, 0.1) is 6.10 Å². The number of fused-ring (bicyclic) bond motifs is 1. The summed E-state index contributed by atoms with van der Waals surface area (Å²) < 4.78 is 11.1. The predicted octanol–water partition coefficient (Wildman–Crippen LogP) is 2.22. The van der Waals surface area contributed by atoms with E-state index in [1.54, 1.807) is 0 Å². The number of hydrogen-bond acceptors (Lipinski definition) is 4. The molecule has 1 fully saturated rings. The average Bonchev–Trinajstić information content (AvgIpc) is 2.99. The normalized spacial score (nSPS) is 21.7. The standard InChI is InChI=1S/C16H23NO3/c1-12(11-17-6-2-3-7-17)16(18)13-4-5-14-15(10-13)20-9-8-19-14/h4-5,10,12,16,18H,2-3,6-9,11H2,1H3. The van der Waals surface area contributed by atoms with E-state index in [4.69, 9.17) is 9.47 Å². The van der Waals surface area contributed by atoms with Crippen LogP contribution >= 0.6 is 0 Å². The highest BCUT2D eigenvalue weighted by Crippen LogP contribution is 2.34. The van der Waals surface area contributed by atoms with Crippen molar-refractivity contribution >= 4 is 0 Å². The lowest BCUT2D eigenvalue weighted by atomic mass is 9.96. The predicted molar refractivity (Wildman–Crippen MR) is 77.2 cm³/mol. The van der Waals surface area contributed by atoms with Gasteiger partial charge in [-0.25, -0.2) is 0 Å². The summed E-state index contributed by atoms with van der Waals surface area (Å²) in [6, 6.07) is 5.76. The van der Waals surface area contributed by atoms with E-state index in [2.05, 4.69) is 11.8 Å². The topological polar surface area (TPSA) is 41.9 Å². The Bertz CT molecular complexity index is 457. The third-order valence-corrected chi connectivity index (χ3v) is 4.19. The number of rotatable bonds is 4. The van der Waals surface area contributed by atoms with E-state index in [0.29, 0.717) is 13.2 Å². The molecule has 4 nitrogen and oxygen atoms in total. The molecule has 0 aromatic heterocycles. The van der Waals surface area contributed by atoms with Gasteiger partial charge in [-0.2, -0.15) is 0 Å². The summed E-state index contributed by atoms with van der Waals surface area (Å²) in [7, 11) is 0. The van der Waals surface area contributed by atoms with Gasteiger partial charge in [-0.15, -0.1) is 0 Å². The molecule has 2 heterocycles. The minimum absolute atomic E-state index is 0.218. The van der Waals surface area contributed by atoms with E-state index in [9.17, 15) is 5.11 Å². The Hall–Kier alpha value is -1.26. The van der Waals surface area contributed by atoms with E-state index in [-0.39, 0.29) is 5.92 Å². The van der Waals surface area contributed by atoms with Crippen LogP contribution in [0.15, 0.2) is 18.2 Å². The largest absolute Gasteiger partial charge is 0.486 e. The molecular weight excluding hydrogens is 254 g/mol. The van der Waals surface area contributed by atoms with Gasteiger partial charge in [0.15, 0.2) is 11.5 Å². The van der Waals surface area contributed by atoms with Crippen molar-refractivity contribution in [2.45, 2.75) is 25.9 Å². The molecule has 2 atom stereocenters. The van der Waals surface area contributed by atoms with Crippen LogP contribution in [-0.4, -0.2) is 42.9 Å². The van der Waals surface area contributed by atoms with Crippen molar-refractivity contribution in [3.63, 3.8) is 0 Å². The first-order valence-corrected chi connectivity index (χ1v) is 7.54.